The van der Waals surface area contributed by atoms with E-state index in [1.165, 1.54) is 6.07 Å². The first kappa shape index (κ1) is 31.5. The lowest BCUT2D eigenvalue weighted by Gasteiger charge is -2.24. The van der Waals surface area contributed by atoms with Crippen molar-refractivity contribution in [3.05, 3.63) is 45.8 Å². The first-order valence-corrected chi connectivity index (χ1v) is 15.1. The molecule has 0 saturated carbocycles. The van der Waals surface area contributed by atoms with Crippen molar-refractivity contribution >= 4 is 32.6 Å². The summed E-state index contributed by atoms with van der Waals surface area (Å²) in [5.41, 5.74) is 3.69. The molecular weight excluding hydrogens is 628 g/mol. The third kappa shape index (κ3) is 6.61. The van der Waals surface area contributed by atoms with E-state index >= 15 is 0 Å². The highest BCUT2D eigenvalue weighted by Gasteiger charge is 2.51. The number of hydrogen-bond donors (Lipinski definition) is 8. The van der Waals surface area contributed by atoms with Crippen molar-refractivity contribution in [3.8, 4) is 0 Å². The molecule has 43 heavy (non-hydrogen) atoms. The monoisotopic (exact) mass is 653 g/mol. The van der Waals surface area contributed by atoms with E-state index in [-0.39, 0.29) is 17.0 Å². The lowest BCUT2D eigenvalue weighted by Crippen LogP contribution is -2.37. The number of imidazole rings is 1. The molecule has 0 radical (unpaired) electrons. The van der Waals surface area contributed by atoms with Gasteiger partial charge in [-0.1, -0.05) is 0 Å². The predicted octanol–water partition coefficient (Wildman–Crippen LogP) is -3.55. The maximum atomic E-state index is 12.9. The Morgan fingerprint density at radius 1 is 0.953 bits per heavy atom. The zero-order chi connectivity index (χ0) is 31.3. The van der Waals surface area contributed by atoms with E-state index in [0.29, 0.717) is 0 Å². The Labute approximate surface area is 238 Å². The summed E-state index contributed by atoms with van der Waals surface area (Å²) in [5, 5.41) is 31.7. The minimum atomic E-state index is -5.20. The normalized spacial score (nSPS) is 31.0. The van der Waals surface area contributed by atoms with E-state index in [0.717, 1.165) is 28.0 Å². The van der Waals surface area contributed by atoms with Crippen molar-refractivity contribution in [2.75, 3.05) is 18.9 Å². The molecule has 0 aliphatic carbocycles. The van der Waals surface area contributed by atoms with Crippen LogP contribution in [0.4, 0.5) is 5.82 Å². The van der Waals surface area contributed by atoms with Crippen molar-refractivity contribution in [2.45, 2.75) is 49.1 Å². The summed E-state index contributed by atoms with van der Waals surface area (Å²) in [7, 11) is -10.3. The predicted molar refractivity (Wildman–Crippen MR) is 136 cm³/mol. The van der Waals surface area contributed by atoms with E-state index in [1.54, 1.807) is 0 Å². The lowest BCUT2D eigenvalue weighted by atomic mass is 10.1. The molecule has 2 fully saturated rings. The van der Waals surface area contributed by atoms with Gasteiger partial charge in [0.1, 0.15) is 42.4 Å². The molecule has 9 atom stereocenters. The maximum Gasteiger partial charge on any atom is 0.472 e. The second-order valence-electron chi connectivity index (χ2n) is 9.32. The number of H-pyrrole nitrogens is 1. The SMILES string of the molecule is Nc1ccn([C@@H]2O[C@H](COP(=O)(O)O[C@H]3[C@@H](O)[C@H](n4cnc5c(=O)[nH]cnc54)O[C@@H]3COP(=O)(O)O)[C@@H](O)[C@H]2O)c(=O)n1. The summed E-state index contributed by atoms with van der Waals surface area (Å²) in [6, 6.07) is 1.24. The number of phosphoric acid groups is 2. The number of anilines is 1. The van der Waals surface area contributed by atoms with Gasteiger partial charge in [0.2, 0.25) is 0 Å². The lowest BCUT2D eigenvalue weighted by molar-refractivity contribution is -0.0607. The van der Waals surface area contributed by atoms with Gasteiger partial charge in [-0.2, -0.15) is 4.98 Å². The Kier molecular flexibility index (Phi) is 8.68. The van der Waals surface area contributed by atoms with Gasteiger partial charge >= 0.3 is 21.3 Å². The van der Waals surface area contributed by atoms with Crippen LogP contribution in [0.5, 0.6) is 0 Å². The van der Waals surface area contributed by atoms with Gasteiger partial charge in [-0.15, -0.1) is 0 Å². The average Bonchev–Trinajstić information content (AvgIpc) is 3.57. The number of nitrogens with one attached hydrogen (secondary N) is 1. The molecule has 2 aliphatic rings. The van der Waals surface area contributed by atoms with Crippen molar-refractivity contribution < 1.29 is 62.2 Å². The Morgan fingerprint density at radius 3 is 2.33 bits per heavy atom. The quantitative estimate of drug-likeness (QED) is 0.0981. The van der Waals surface area contributed by atoms with E-state index in [2.05, 4.69) is 24.5 Å². The molecule has 0 bridgehead atoms. The standard InChI is InChI=1S/C19H25N7O15P2/c20-9-1-2-25(19(31)24-9)17-12(28)11(27)7(39-17)3-38-43(35,36)41-14-8(4-37-42(32,33)34)40-18(13(14)29)26-6-23-10-15(26)21-5-22-16(10)30/h1-2,5-8,11-14,17-18,27-29H,3-4H2,(H,35,36)(H2,20,24,31)(H,21,22,30)(H2,32,33,34)/t7-,8-,11-,12-,13-,14-,17-,18-/m1/s1. The van der Waals surface area contributed by atoms with Crippen LogP contribution in [0.25, 0.3) is 11.2 Å². The number of rotatable bonds is 10. The second-order valence-corrected chi connectivity index (χ2v) is 12.0. The summed E-state index contributed by atoms with van der Waals surface area (Å²) in [6.45, 7) is -1.82. The van der Waals surface area contributed by atoms with Crippen LogP contribution in [0.1, 0.15) is 12.5 Å². The van der Waals surface area contributed by atoms with Crippen LogP contribution in [0.2, 0.25) is 0 Å². The number of hydrogen-bond acceptors (Lipinski definition) is 16. The summed E-state index contributed by atoms with van der Waals surface area (Å²) in [6.07, 6.45) is -9.85. The number of aromatic nitrogens is 6. The number of ether oxygens (including phenoxy) is 2. The van der Waals surface area contributed by atoms with Crippen molar-refractivity contribution in [2.24, 2.45) is 0 Å². The highest BCUT2D eigenvalue weighted by atomic mass is 31.2. The van der Waals surface area contributed by atoms with Crippen molar-refractivity contribution in [1.82, 2.24) is 29.1 Å². The molecule has 2 saturated heterocycles. The first-order valence-electron chi connectivity index (χ1n) is 12.1. The molecule has 24 heteroatoms. The summed E-state index contributed by atoms with van der Waals surface area (Å²) in [4.78, 5) is 66.4. The molecule has 236 valence electrons. The molecule has 5 rings (SSSR count). The molecule has 3 aromatic rings. The third-order valence-electron chi connectivity index (χ3n) is 6.48. The van der Waals surface area contributed by atoms with Crippen LogP contribution in [-0.4, -0.2) is 109 Å². The maximum absolute atomic E-state index is 12.9. The number of nitrogen functional groups attached to an aromatic ring is 1. The van der Waals surface area contributed by atoms with Gasteiger partial charge in [-0.25, -0.2) is 23.9 Å². The number of aliphatic hydroxyl groups excluding tert-OH is 3. The van der Waals surface area contributed by atoms with Gasteiger partial charge in [-0.3, -0.25) is 27.5 Å². The van der Waals surface area contributed by atoms with Crippen LogP contribution in [0, 0.1) is 0 Å². The topological polar surface area (TPSA) is 326 Å². The molecule has 0 spiro atoms. The van der Waals surface area contributed by atoms with E-state index < -0.39 is 89.2 Å². The molecule has 2 aliphatic heterocycles. The van der Waals surface area contributed by atoms with Crippen LogP contribution in [-0.2, 0) is 32.2 Å². The van der Waals surface area contributed by atoms with E-state index in [4.69, 9.17) is 34.0 Å². The second kappa shape index (κ2) is 11.9. The van der Waals surface area contributed by atoms with E-state index in [1.807, 2.05) is 0 Å². The Balaban J connectivity index is 1.31. The number of nitrogens with two attached hydrogens (primary N) is 1. The van der Waals surface area contributed by atoms with Gasteiger partial charge in [0, 0.05) is 6.20 Å². The molecule has 1 unspecified atom stereocenters. The van der Waals surface area contributed by atoms with Gasteiger partial charge in [0.15, 0.2) is 23.6 Å². The molecule has 3 aromatic heterocycles. The first-order chi connectivity index (χ1) is 20.1. The molecule has 0 amide bonds. The van der Waals surface area contributed by atoms with Gasteiger partial charge < -0.3 is 50.2 Å². The summed E-state index contributed by atoms with van der Waals surface area (Å²) >= 11 is 0. The number of fused-ring (bicyclic) bond motifs is 1. The highest BCUT2D eigenvalue weighted by molar-refractivity contribution is 7.47. The van der Waals surface area contributed by atoms with Crippen LogP contribution in [0.15, 0.2) is 34.5 Å². The van der Waals surface area contributed by atoms with Crippen molar-refractivity contribution in [3.63, 3.8) is 0 Å². The fraction of sp³-hybridized carbons (Fsp3) is 0.526. The van der Waals surface area contributed by atoms with E-state index in [9.17, 15) is 38.9 Å². The number of aromatic amines is 1. The molecule has 0 aromatic carbocycles. The van der Waals surface area contributed by atoms with Crippen LogP contribution in [0.3, 0.4) is 0 Å². The van der Waals surface area contributed by atoms with Gasteiger partial charge in [-0.05, 0) is 6.07 Å². The minimum absolute atomic E-state index is 0.0672. The minimum Gasteiger partial charge on any atom is -0.387 e. The summed E-state index contributed by atoms with van der Waals surface area (Å²) in [5.74, 6) is -0.108. The van der Waals surface area contributed by atoms with Crippen LogP contribution >= 0.6 is 15.6 Å². The molecule has 22 nitrogen and oxygen atoms in total. The molecular formula is C19H25N7O15P2. The Bertz CT molecular complexity index is 1690. The zero-order valence-corrected chi connectivity index (χ0v) is 23.2. The number of nitrogens with zero attached hydrogens (tertiary/aromatic N) is 5. The number of phosphoric ester groups is 2. The van der Waals surface area contributed by atoms with Crippen molar-refractivity contribution in [1.29, 1.82) is 0 Å². The van der Waals surface area contributed by atoms with Gasteiger partial charge in [0.05, 0.1) is 25.9 Å². The average molecular weight is 653 g/mol. The highest BCUT2D eigenvalue weighted by Crippen LogP contribution is 2.50. The van der Waals surface area contributed by atoms with Gasteiger partial charge in [0.25, 0.3) is 5.56 Å². The third-order valence-corrected chi connectivity index (χ3v) is 7.95. The Morgan fingerprint density at radius 2 is 1.63 bits per heavy atom. The smallest absolute Gasteiger partial charge is 0.387 e. The van der Waals surface area contributed by atoms with Crippen LogP contribution < -0.4 is 17.0 Å². The molecule has 5 heterocycles. The molecule has 9 N–H and O–H groups in total. The fourth-order valence-electron chi connectivity index (χ4n) is 4.50. The Hall–Kier alpha value is -2.95. The largest absolute Gasteiger partial charge is 0.472 e. The number of aliphatic hydroxyl groups is 3. The fourth-order valence-corrected chi connectivity index (χ4v) is 5.81. The summed E-state index contributed by atoms with van der Waals surface area (Å²) < 4.78 is 51.6. The zero-order valence-electron chi connectivity index (χ0n) is 21.4.